The molecule has 0 radical (unpaired) electrons. The van der Waals surface area contributed by atoms with Crippen LogP contribution in [0.25, 0.3) is 0 Å². The summed E-state index contributed by atoms with van der Waals surface area (Å²) in [7, 11) is 0. The molecule has 0 unspecified atom stereocenters. The summed E-state index contributed by atoms with van der Waals surface area (Å²) < 4.78 is 9.34. The molecule has 0 saturated heterocycles. The van der Waals surface area contributed by atoms with Crippen molar-refractivity contribution in [2.24, 2.45) is 5.92 Å². The molecule has 1 amide bonds. The molecule has 0 heterocycles. The molecule has 1 saturated carbocycles. The fourth-order valence-electron chi connectivity index (χ4n) is 1.92. The topological polar surface area (TPSA) is 64.6 Å². The molecule has 5 heteroatoms. The van der Waals surface area contributed by atoms with Crippen LogP contribution < -0.4 is 5.32 Å². The fraction of sp³-hybridized carbons (Fsp3) is 0.833. The van der Waals surface area contributed by atoms with Crippen molar-refractivity contribution < 1.29 is 19.1 Å². The van der Waals surface area contributed by atoms with Gasteiger partial charge in [0.25, 0.3) is 0 Å². The second-order valence-electron chi connectivity index (χ2n) is 4.30. The molecule has 1 fully saturated rings. The number of nitrogens with one attached hydrogen (secondary N) is 1. The van der Waals surface area contributed by atoms with Crippen LogP contribution in [0, 0.1) is 5.92 Å². The van der Waals surface area contributed by atoms with E-state index in [9.17, 15) is 9.59 Å². The van der Waals surface area contributed by atoms with Crippen LogP contribution in [0.15, 0.2) is 0 Å². The largest absolute Gasteiger partial charge is 0.428 e. The van der Waals surface area contributed by atoms with Gasteiger partial charge in [-0.25, -0.2) is 4.79 Å². The maximum absolute atomic E-state index is 11.2. The third-order valence-corrected chi connectivity index (χ3v) is 2.96. The Labute approximate surface area is 102 Å². The highest BCUT2D eigenvalue weighted by Crippen LogP contribution is 2.22. The maximum Gasteiger partial charge on any atom is 0.410 e. The van der Waals surface area contributed by atoms with Gasteiger partial charge in [-0.3, -0.25) is 4.79 Å². The van der Waals surface area contributed by atoms with Crippen molar-refractivity contribution in [1.82, 2.24) is 5.32 Å². The van der Waals surface area contributed by atoms with E-state index in [1.165, 1.54) is 32.1 Å². The first-order valence-electron chi connectivity index (χ1n) is 6.28. The summed E-state index contributed by atoms with van der Waals surface area (Å²) in [5.41, 5.74) is 0. The molecule has 0 bridgehead atoms. The molecular formula is C12H21NO4. The van der Waals surface area contributed by atoms with Gasteiger partial charge in [0.15, 0.2) is 0 Å². The van der Waals surface area contributed by atoms with Gasteiger partial charge in [0.2, 0.25) is 6.79 Å². The minimum atomic E-state index is -0.514. The number of carbonyl (C=O) groups is 2. The van der Waals surface area contributed by atoms with Gasteiger partial charge in [-0.05, 0) is 18.8 Å². The molecule has 0 atom stereocenters. The van der Waals surface area contributed by atoms with Crippen LogP contribution >= 0.6 is 0 Å². The van der Waals surface area contributed by atoms with E-state index >= 15 is 0 Å². The molecule has 0 aromatic rings. The Hall–Kier alpha value is -1.26. The van der Waals surface area contributed by atoms with Crippen molar-refractivity contribution in [3.63, 3.8) is 0 Å². The van der Waals surface area contributed by atoms with Crippen molar-refractivity contribution in [1.29, 1.82) is 0 Å². The molecule has 0 spiro atoms. The molecular weight excluding hydrogens is 222 g/mol. The van der Waals surface area contributed by atoms with Crippen LogP contribution in [0.4, 0.5) is 4.79 Å². The van der Waals surface area contributed by atoms with Gasteiger partial charge in [0, 0.05) is 13.0 Å². The fourth-order valence-corrected chi connectivity index (χ4v) is 1.92. The number of ether oxygens (including phenoxy) is 2. The van der Waals surface area contributed by atoms with E-state index in [0.717, 1.165) is 0 Å². The second kappa shape index (κ2) is 7.92. The molecule has 1 aliphatic carbocycles. The average molecular weight is 243 g/mol. The van der Waals surface area contributed by atoms with E-state index in [1.807, 2.05) is 0 Å². The molecule has 0 aromatic carbocycles. The molecule has 5 nitrogen and oxygen atoms in total. The number of amides is 1. The smallest absolute Gasteiger partial charge is 0.410 e. The SMILES string of the molecule is CCC(=O)OCOC(=O)NCC1CCCCC1. The number of carbonyl (C=O) groups excluding carboxylic acids is 2. The van der Waals surface area contributed by atoms with Gasteiger partial charge in [0.1, 0.15) is 0 Å². The van der Waals surface area contributed by atoms with Crippen molar-refractivity contribution in [3.8, 4) is 0 Å². The first-order valence-corrected chi connectivity index (χ1v) is 6.28. The molecule has 0 aromatic heterocycles. The highest BCUT2D eigenvalue weighted by molar-refractivity contribution is 5.69. The van der Waals surface area contributed by atoms with Crippen molar-refractivity contribution in [3.05, 3.63) is 0 Å². The normalized spacial score (nSPS) is 16.3. The summed E-state index contributed by atoms with van der Waals surface area (Å²) in [5, 5.41) is 2.69. The van der Waals surface area contributed by atoms with Crippen LogP contribution in [0.5, 0.6) is 0 Å². The Balaban J connectivity index is 2.02. The van der Waals surface area contributed by atoms with Crippen LogP contribution in [0.2, 0.25) is 0 Å². The van der Waals surface area contributed by atoms with Crippen LogP contribution in [0.1, 0.15) is 45.4 Å². The van der Waals surface area contributed by atoms with Crippen molar-refractivity contribution >= 4 is 12.1 Å². The monoisotopic (exact) mass is 243 g/mol. The molecule has 98 valence electrons. The standard InChI is InChI=1S/C12H21NO4/c1-2-11(14)16-9-17-12(15)13-8-10-6-4-3-5-7-10/h10H,2-9H2,1H3,(H,13,15). The number of rotatable bonds is 5. The molecule has 0 aliphatic heterocycles. The van der Waals surface area contributed by atoms with Gasteiger partial charge < -0.3 is 14.8 Å². The first-order chi connectivity index (χ1) is 8.22. The highest BCUT2D eigenvalue weighted by atomic mass is 16.7. The Kier molecular flexibility index (Phi) is 6.43. The summed E-state index contributed by atoms with van der Waals surface area (Å²) in [6, 6.07) is 0. The van der Waals surface area contributed by atoms with E-state index in [1.54, 1.807) is 6.92 Å². The maximum atomic E-state index is 11.2. The van der Waals surface area contributed by atoms with E-state index in [4.69, 9.17) is 4.74 Å². The third-order valence-electron chi connectivity index (χ3n) is 2.96. The number of alkyl carbamates (subject to hydrolysis) is 1. The Morgan fingerprint density at radius 1 is 1.18 bits per heavy atom. The van der Waals surface area contributed by atoms with Gasteiger partial charge >= 0.3 is 12.1 Å². The van der Waals surface area contributed by atoms with Crippen LogP contribution in [-0.2, 0) is 14.3 Å². The zero-order valence-corrected chi connectivity index (χ0v) is 10.4. The zero-order valence-electron chi connectivity index (χ0n) is 10.4. The molecule has 1 N–H and O–H groups in total. The Morgan fingerprint density at radius 2 is 1.88 bits per heavy atom. The molecule has 1 aliphatic rings. The summed E-state index contributed by atoms with van der Waals surface area (Å²) >= 11 is 0. The number of hydrogen-bond donors (Lipinski definition) is 1. The van der Waals surface area contributed by atoms with E-state index in [2.05, 4.69) is 10.1 Å². The lowest BCUT2D eigenvalue weighted by molar-refractivity contribution is -0.151. The minimum Gasteiger partial charge on any atom is -0.428 e. The summed E-state index contributed by atoms with van der Waals surface area (Å²) in [6.45, 7) is 2.04. The second-order valence-corrected chi connectivity index (χ2v) is 4.30. The van der Waals surface area contributed by atoms with E-state index in [0.29, 0.717) is 12.5 Å². The van der Waals surface area contributed by atoms with Gasteiger partial charge in [0.05, 0.1) is 0 Å². The first kappa shape index (κ1) is 13.8. The van der Waals surface area contributed by atoms with Gasteiger partial charge in [-0.1, -0.05) is 26.2 Å². The Bertz CT molecular complexity index is 249. The van der Waals surface area contributed by atoms with Crippen molar-refractivity contribution in [2.75, 3.05) is 13.3 Å². The lowest BCUT2D eigenvalue weighted by atomic mass is 9.89. The third kappa shape index (κ3) is 6.14. The number of esters is 1. The van der Waals surface area contributed by atoms with Gasteiger partial charge in [-0.15, -0.1) is 0 Å². The predicted octanol–water partition coefficient (Wildman–Crippen LogP) is 2.20. The number of hydrogen-bond acceptors (Lipinski definition) is 4. The lowest BCUT2D eigenvalue weighted by Gasteiger charge is -2.21. The van der Waals surface area contributed by atoms with Gasteiger partial charge in [-0.2, -0.15) is 0 Å². The lowest BCUT2D eigenvalue weighted by Crippen LogP contribution is -2.31. The summed E-state index contributed by atoms with van der Waals surface area (Å²) in [4.78, 5) is 22.0. The predicted molar refractivity (Wildman–Crippen MR) is 62.3 cm³/mol. The average Bonchev–Trinajstić information content (AvgIpc) is 2.37. The molecule has 1 rings (SSSR count). The summed E-state index contributed by atoms with van der Waals surface area (Å²) in [5.74, 6) is 0.194. The van der Waals surface area contributed by atoms with Crippen LogP contribution in [0.3, 0.4) is 0 Å². The van der Waals surface area contributed by atoms with E-state index in [-0.39, 0.29) is 19.2 Å². The zero-order chi connectivity index (χ0) is 12.5. The minimum absolute atomic E-state index is 0.285. The Morgan fingerprint density at radius 3 is 2.53 bits per heavy atom. The van der Waals surface area contributed by atoms with Crippen LogP contribution in [-0.4, -0.2) is 25.4 Å². The van der Waals surface area contributed by atoms with Crippen molar-refractivity contribution in [2.45, 2.75) is 45.4 Å². The quantitative estimate of drug-likeness (QED) is 0.594. The highest BCUT2D eigenvalue weighted by Gasteiger charge is 2.14. The molecule has 17 heavy (non-hydrogen) atoms. The summed E-state index contributed by atoms with van der Waals surface area (Å²) in [6.07, 6.45) is 5.90. The van der Waals surface area contributed by atoms with E-state index < -0.39 is 6.09 Å².